The highest BCUT2D eigenvalue weighted by atomic mass is 35.5. The highest BCUT2D eigenvalue weighted by molar-refractivity contribution is 7.88. The summed E-state index contributed by atoms with van der Waals surface area (Å²) < 4.78 is 27.5. The van der Waals surface area contributed by atoms with Crippen molar-refractivity contribution in [3.8, 4) is 0 Å². The Morgan fingerprint density at radius 2 is 1.81 bits per heavy atom. The molecule has 1 N–H and O–H groups in total. The maximum Gasteiger partial charge on any atom is 0.244 e. The number of halogens is 2. The molecule has 31 heavy (non-hydrogen) atoms. The van der Waals surface area contributed by atoms with Crippen LogP contribution in [0.5, 0.6) is 0 Å². The van der Waals surface area contributed by atoms with E-state index in [1.54, 1.807) is 42.5 Å². The maximum absolute atomic E-state index is 13.3. The van der Waals surface area contributed by atoms with Crippen LogP contribution in [-0.2, 0) is 25.4 Å². The van der Waals surface area contributed by atoms with E-state index in [4.69, 9.17) is 23.2 Å². The zero-order chi connectivity index (χ0) is 22.2. The Morgan fingerprint density at radius 3 is 2.55 bits per heavy atom. The van der Waals surface area contributed by atoms with Crippen molar-refractivity contribution in [2.75, 3.05) is 29.9 Å². The lowest BCUT2D eigenvalue weighted by Gasteiger charge is -2.36. The van der Waals surface area contributed by atoms with Gasteiger partial charge >= 0.3 is 0 Å². The van der Waals surface area contributed by atoms with Crippen LogP contribution in [0, 0.1) is 5.92 Å². The van der Waals surface area contributed by atoms with Crippen LogP contribution in [0.3, 0.4) is 0 Å². The van der Waals surface area contributed by atoms with Gasteiger partial charge in [0, 0.05) is 28.7 Å². The van der Waals surface area contributed by atoms with E-state index in [0.29, 0.717) is 36.3 Å². The number of fused-ring (bicyclic) bond motifs is 1. The molecule has 1 fully saturated rings. The van der Waals surface area contributed by atoms with E-state index >= 15 is 0 Å². The molecule has 0 bridgehead atoms. The summed E-state index contributed by atoms with van der Waals surface area (Å²) in [5.74, 6) is -1.40. The number of para-hydroxylation sites is 2. The largest absolute Gasteiger partial charge is 0.323 e. The Morgan fingerprint density at radius 1 is 1.10 bits per heavy atom. The molecule has 2 aliphatic rings. The van der Waals surface area contributed by atoms with Crippen molar-refractivity contribution < 1.29 is 18.0 Å². The minimum atomic E-state index is -3.74. The topological polar surface area (TPSA) is 86.8 Å². The Bertz CT molecular complexity index is 1120. The first-order valence-corrected chi connectivity index (χ1v) is 12.2. The third-order valence-corrected chi connectivity index (χ3v) is 8.03. The van der Waals surface area contributed by atoms with E-state index < -0.39 is 15.9 Å². The van der Waals surface area contributed by atoms with Gasteiger partial charge in [-0.15, -0.1) is 0 Å². The number of hydrogen-bond donors (Lipinski definition) is 1. The summed E-state index contributed by atoms with van der Waals surface area (Å²) in [5.41, 5.74) is 1.54. The predicted molar refractivity (Wildman–Crippen MR) is 121 cm³/mol. The first-order valence-electron chi connectivity index (χ1n) is 9.87. The minimum Gasteiger partial charge on any atom is -0.323 e. The second-order valence-electron chi connectivity index (χ2n) is 7.64. The van der Waals surface area contributed by atoms with E-state index in [-0.39, 0.29) is 40.7 Å². The summed E-state index contributed by atoms with van der Waals surface area (Å²) in [4.78, 5) is 26.8. The predicted octanol–water partition coefficient (Wildman–Crippen LogP) is 3.52. The zero-order valence-corrected chi connectivity index (χ0v) is 18.9. The maximum atomic E-state index is 13.3. The molecule has 0 spiro atoms. The number of carbonyl (C=O) groups is 2. The number of rotatable bonds is 4. The van der Waals surface area contributed by atoms with Gasteiger partial charge in [-0.25, -0.2) is 12.7 Å². The molecular weight excluding hydrogens is 461 g/mol. The van der Waals surface area contributed by atoms with Gasteiger partial charge in [-0.05, 0) is 37.1 Å². The number of hydrogen-bond acceptors (Lipinski definition) is 4. The summed E-state index contributed by atoms with van der Waals surface area (Å²) in [7, 11) is -3.74. The molecule has 2 amide bonds. The summed E-state index contributed by atoms with van der Waals surface area (Å²) in [6.07, 6.45) is 1.10. The number of nitrogens with one attached hydrogen (secondary N) is 1. The average Bonchev–Trinajstić information content (AvgIpc) is 2.75. The average molecular weight is 482 g/mol. The van der Waals surface area contributed by atoms with Crippen LogP contribution in [0.15, 0.2) is 42.5 Å². The van der Waals surface area contributed by atoms with Crippen molar-refractivity contribution in [3.63, 3.8) is 0 Å². The fourth-order valence-electron chi connectivity index (χ4n) is 3.99. The summed E-state index contributed by atoms with van der Waals surface area (Å²) >= 11 is 12.3. The fourth-order valence-corrected chi connectivity index (χ4v) is 6.35. The highest BCUT2D eigenvalue weighted by Crippen LogP contribution is 2.33. The first kappa shape index (κ1) is 22.1. The van der Waals surface area contributed by atoms with Crippen molar-refractivity contribution >= 4 is 56.4 Å². The molecule has 10 heteroatoms. The van der Waals surface area contributed by atoms with Crippen LogP contribution in [0.1, 0.15) is 18.4 Å². The van der Waals surface area contributed by atoms with Gasteiger partial charge in [-0.1, -0.05) is 41.4 Å². The van der Waals surface area contributed by atoms with E-state index in [9.17, 15) is 18.0 Å². The van der Waals surface area contributed by atoms with Gasteiger partial charge in [0.25, 0.3) is 0 Å². The van der Waals surface area contributed by atoms with Gasteiger partial charge in [0.1, 0.15) is 6.54 Å². The van der Waals surface area contributed by atoms with Crippen molar-refractivity contribution in [1.29, 1.82) is 0 Å². The number of piperidine rings is 1. The Kier molecular flexibility index (Phi) is 6.25. The number of sulfonamides is 1. The molecule has 2 aliphatic heterocycles. The van der Waals surface area contributed by atoms with E-state index in [2.05, 4.69) is 5.32 Å². The minimum absolute atomic E-state index is 0.0591. The summed E-state index contributed by atoms with van der Waals surface area (Å²) in [6, 6.07) is 11.9. The number of carbonyl (C=O) groups excluding carboxylic acids is 2. The van der Waals surface area contributed by atoms with Gasteiger partial charge in [-0.2, -0.15) is 0 Å². The number of nitrogens with zero attached hydrogens (tertiary/aromatic N) is 2. The number of benzene rings is 2. The van der Waals surface area contributed by atoms with Gasteiger partial charge in [0.05, 0.1) is 23.0 Å². The molecule has 0 radical (unpaired) electrons. The second kappa shape index (κ2) is 8.78. The summed E-state index contributed by atoms with van der Waals surface area (Å²) in [6.45, 7) is 0.295. The molecule has 0 aromatic heterocycles. The van der Waals surface area contributed by atoms with Gasteiger partial charge < -0.3 is 10.2 Å². The van der Waals surface area contributed by atoms with Crippen LogP contribution in [0.4, 0.5) is 11.4 Å². The van der Waals surface area contributed by atoms with E-state index in [1.165, 1.54) is 9.21 Å². The molecule has 1 saturated heterocycles. The van der Waals surface area contributed by atoms with Crippen molar-refractivity contribution in [1.82, 2.24) is 4.31 Å². The lowest BCUT2D eigenvalue weighted by Crippen LogP contribution is -2.50. The van der Waals surface area contributed by atoms with Crippen molar-refractivity contribution in [2.24, 2.45) is 5.92 Å². The standard InChI is InChI=1S/C21H21Cl2N3O4S/c22-16-6-3-7-17(23)15(16)13-31(29,30)25-10-4-5-14(11-25)21(28)26-12-20(27)24-18-8-1-2-9-19(18)26/h1-3,6-9,14H,4-5,10-13H2,(H,24,27)/t14-/m1/s1. The summed E-state index contributed by atoms with van der Waals surface area (Å²) in [5, 5.41) is 3.33. The molecule has 2 aromatic carbocycles. The smallest absolute Gasteiger partial charge is 0.244 e. The van der Waals surface area contributed by atoms with Crippen LogP contribution in [0.25, 0.3) is 0 Å². The molecule has 0 aliphatic carbocycles. The van der Waals surface area contributed by atoms with Crippen LogP contribution in [0.2, 0.25) is 10.0 Å². The van der Waals surface area contributed by atoms with Gasteiger partial charge in [0.2, 0.25) is 21.8 Å². The fraction of sp³-hybridized carbons (Fsp3) is 0.333. The van der Waals surface area contributed by atoms with Crippen molar-refractivity contribution in [2.45, 2.75) is 18.6 Å². The van der Waals surface area contributed by atoms with Crippen LogP contribution < -0.4 is 10.2 Å². The molecule has 2 heterocycles. The third kappa shape index (κ3) is 4.57. The molecular formula is C21H21Cl2N3O4S. The molecule has 4 rings (SSSR count). The molecule has 7 nitrogen and oxygen atoms in total. The van der Waals surface area contributed by atoms with Crippen LogP contribution >= 0.6 is 23.2 Å². The lowest BCUT2D eigenvalue weighted by molar-refractivity contribution is -0.125. The van der Waals surface area contributed by atoms with E-state index in [1.807, 2.05) is 0 Å². The quantitative estimate of drug-likeness (QED) is 0.723. The Hall–Kier alpha value is -2.13. The molecule has 0 unspecified atom stereocenters. The SMILES string of the molecule is O=C1CN(C(=O)[C@@H]2CCCN(S(=O)(=O)Cc3c(Cl)cccc3Cl)C2)c2ccccc2N1. The Balaban J connectivity index is 1.53. The number of amides is 2. The molecule has 1 atom stereocenters. The third-order valence-electron chi connectivity index (χ3n) is 5.55. The van der Waals surface area contributed by atoms with Gasteiger partial charge in [0.15, 0.2) is 0 Å². The normalized spacial score (nSPS) is 19.6. The second-order valence-corrected chi connectivity index (χ2v) is 10.4. The number of anilines is 2. The molecule has 2 aromatic rings. The first-order chi connectivity index (χ1) is 14.8. The lowest BCUT2D eigenvalue weighted by atomic mass is 9.97. The molecule has 164 valence electrons. The van der Waals surface area contributed by atoms with Crippen molar-refractivity contribution in [3.05, 3.63) is 58.1 Å². The Labute approximate surface area is 191 Å². The molecule has 0 saturated carbocycles. The highest BCUT2D eigenvalue weighted by Gasteiger charge is 2.37. The van der Waals surface area contributed by atoms with Crippen LogP contribution in [-0.4, -0.2) is 44.2 Å². The van der Waals surface area contributed by atoms with Gasteiger partial charge in [-0.3, -0.25) is 9.59 Å². The zero-order valence-electron chi connectivity index (χ0n) is 16.6. The van der Waals surface area contributed by atoms with E-state index in [0.717, 1.165) is 0 Å². The monoisotopic (exact) mass is 481 g/mol.